The molecule has 1 N–H and O–H groups in total. The minimum Gasteiger partial charge on any atom is -0.316 e. The van der Waals surface area contributed by atoms with Crippen LogP contribution in [-0.2, 0) is 0 Å². The van der Waals surface area contributed by atoms with E-state index in [0.717, 1.165) is 18.4 Å². The molecule has 0 heterocycles. The van der Waals surface area contributed by atoms with Crippen molar-refractivity contribution in [1.29, 1.82) is 0 Å². The average molecular weight is 316 g/mol. The Bertz CT molecular complexity index is 414. The molecule has 0 aliphatic heterocycles. The fourth-order valence-electron chi connectivity index (χ4n) is 3.86. The lowest BCUT2D eigenvalue weighted by Crippen LogP contribution is -2.29. The first kappa shape index (κ1) is 18.5. The van der Waals surface area contributed by atoms with Crippen molar-refractivity contribution >= 4 is 0 Å². The molecule has 1 aromatic rings. The molecule has 1 fully saturated rings. The molecular weight excluding hydrogens is 278 g/mol. The normalized spacial score (nSPS) is 22.9. The zero-order valence-corrected chi connectivity index (χ0v) is 15.6. The minimum atomic E-state index is 0.685. The van der Waals surface area contributed by atoms with E-state index in [4.69, 9.17) is 0 Å². The Kier molecular flexibility index (Phi) is 8.16. The van der Waals surface area contributed by atoms with E-state index in [0.29, 0.717) is 5.92 Å². The van der Waals surface area contributed by atoms with Crippen LogP contribution in [0.4, 0.5) is 0 Å². The minimum absolute atomic E-state index is 0.685. The fourth-order valence-corrected chi connectivity index (χ4v) is 3.86. The molecule has 1 unspecified atom stereocenters. The van der Waals surface area contributed by atoms with Crippen molar-refractivity contribution in [2.45, 2.75) is 78.1 Å². The van der Waals surface area contributed by atoms with Crippen molar-refractivity contribution in [2.24, 2.45) is 11.8 Å². The van der Waals surface area contributed by atoms with Crippen LogP contribution in [-0.4, -0.2) is 13.1 Å². The molecule has 1 heteroatoms. The zero-order chi connectivity index (χ0) is 16.5. The molecule has 0 bridgehead atoms. The molecule has 1 nitrogen and oxygen atoms in total. The monoisotopic (exact) mass is 315 g/mol. The zero-order valence-electron chi connectivity index (χ0n) is 15.6. The number of nitrogens with one attached hydrogen (secondary N) is 1. The number of hydrogen-bond acceptors (Lipinski definition) is 1. The molecule has 0 spiro atoms. The third kappa shape index (κ3) is 6.67. The van der Waals surface area contributed by atoms with E-state index >= 15 is 0 Å². The summed E-state index contributed by atoms with van der Waals surface area (Å²) in [5, 5.41) is 3.81. The summed E-state index contributed by atoms with van der Waals surface area (Å²) in [5.41, 5.74) is 2.89. The predicted octanol–water partition coefficient (Wildman–Crippen LogP) is 6.07. The summed E-state index contributed by atoms with van der Waals surface area (Å²) in [5.74, 6) is 2.56. The van der Waals surface area contributed by atoms with Gasteiger partial charge in [-0.2, -0.15) is 0 Å². The van der Waals surface area contributed by atoms with Gasteiger partial charge in [0, 0.05) is 6.54 Å². The van der Waals surface area contributed by atoms with E-state index in [-0.39, 0.29) is 0 Å². The van der Waals surface area contributed by atoms with Crippen LogP contribution in [0.5, 0.6) is 0 Å². The van der Waals surface area contributed by atoms with Crippen LogP contribution < -0.4 is 5.32 Å². The maximum atomic E-state index is 3.81. The summed E-state index contributed by atoms with van der Waals surface area (Å²) in [6, 6.07) is 9.22. The second-order valence-corrected chi connectivity index (χ2v) is 7.89. The average Bonchev–Trinajstić information content (AvgIpc) is 2.56. The van der Waals surface area contributed by atoms with Crippen molar-refractivity contribution in [3.8, 4) is 0 Å². The first-order valence-electron chi connectivity index (χ1n) is 9.96. The predicted molar refractivity (Wildman–Crippen MR) is 102 cm³/mol. The summed E-state index contributed by atoms with van der Waals surface area (Å²) in [7, 11) is 0. The molecule has 1 aromatic carbocycles. The summed E-state index contributed by atoms with van der Waals surface area (Å²) >= 11 is 0. The summed E-state index contributed by atoms with van der Waals surface area (Å²) in [6.45, 7) is 9.26. The van der Waals surface area contributed by atoms with Gasteiger partial charge in [0.15, 0.2) is 0 Å². The van der Waals surface area contributed by atoms with E-state index in [2.05, 4.69) is 50.4 Å². The van der Waals surface area contributed by atoms with Crippen LogP contribution in [0.15, 0.2) is 24.3 Å². The van der Waals surface area contributed by atoms with Gasteiger partial charge in [-0.3, -0.25) is 0 Å². The third-order valence-corrected chi connectivity index (χ3v) is 5.66. The van der Waals surface area contributed by atoms with E-state index in [9.17, 15) is 0 Å². The molecule has 1 atom stereocenters. The molecule has 0 saturated heterocycles. The van der Waals surface area contributed by atoms with Crippen LogP contribution in [0.25, 0.3) is 0 Å². The molecule has 0 radical (unpaired) electrons. The van der Waals surface area contributed by atoms with E-state index in [1.54, 1.807) is 0 Å². The third-order valence-electron chi connectivity index (χ3n) is 5.66. The van der Waals surface area contributed by atoms with Crippen LogP contribution in [0, 0.1) is 18.8 Å². The lowest BCUT2D eigenvalue weighted by Gasteiger charge is -2.27. The Balaban J connectivity index is 1.80. The molecule has 1 saturated carbocycles. The summed E-state index contributed by atoms with van der Waals surface area (Å²) < 4.78 is 0. The maximum Gasteiger partial charge on any atom is 0.00202 e. The molecule has 1 aliphatic carbocycles. The van der Waals surface area contributed by atoms with Gasteiger partial charge in [0.05, 0.1) is 0 Å². The van der Waals surface area contributed by atoms with Crippen molar-refractivity contribution in [2.75, 3.05) is 13.1 Å². The number of benzene rings is 1. The SMILES string of the molecule is CCCCCC(CNCC1CCC(C)CC1)c1ccc(C)cc1. The van der Waals surface area contributed by atoms with Crippen molar-refractivity contribution < 1.29 is 0 Å². The maximum absolute atomic E-state index is 3.81. The number of rotatable bonds is 9. The van der Waals surface area contributed by atoms with Crippen LogP contribution in [0.2, 0.25) is 0 Å². The molecule has 1 aliphatic rings. The second-order valence-electron chi connectivity index (χ2n) is 7.89. The number of hydrogen-bond donors (Lipinski definition) is 1. The highest BCUT2D eigenvalue weighted by atomic mass is 14.9. The highest BCUT2D eigenvalue weighted by molar-refractivity contribution is 5.24. The van der Waals surface area contributed by atoms with Crippen molar-refractivity contribution in [3.05, 3.63) is 35.4 Å². The van der Waals surface area contributed by atoms with E-state index < -0.39 is 0 Å². The highest BCUT2D eigenvalue weighted by Gasteiger charge is 2.18. The highest BCUT2D eigenvalue weighted by Crippen LogP contribution is 2.28. The van der Waals surface area contributed by atoms with Gasteiger partial charge >= 0.3 is 0 Å². The van der Waals surface area contributed by atoms with Gasteiger partial charge in [-0.05, 0) is 56.0 Å². The van der Waals surface area contributed by atoms with E-state index in [1.165, 1.54) is 69.0 Å². The standard InChI is InChI=1S/C22H37N/c1-4-5-6-7-22(21-14-10-19(3)11-15-21)17-23-16-20-12-8-18(2)9-13-20/h10-11,14-15,18,20,22-23H,4-9,12-13,16-17H2,1-3H3. The van der Waals surface area contributed by atoms with Gasteiger partial charge in [0.1, 0.15) is 0 Å². The topological polar surface area (TPSA) is 12.0 Å². The molecule has 130 valence electrons. The molecule has 2 rings (SSSR count). The van der Waals surface area contributed by atoms with Gasteiger partial charge in [0.25, 0.3) is 0 Å². The van der Waals surface area contributed by atoms with Crippen LogP contribution >= 0.6 is 0 Å². The first-order valence-corrected chi connectivity index (χ1v) is 9.96. The lowest BCUT2D eigenvalue weighted by atomic mass is 9.83. The molecule has 0 aromatic heterocycles. The Morgan fingerprint density at radius 1 is 1.04 bits per heavy atom. The smallest absolute Gasteiger partial charge is 0.00202 e. The van der Waals surface area contributed by atoms with Crippen molar-refractivity contribution in [1.82, 2.24) is 5.32 Å². The Morgan fingerprint density at radius 2 is 1.74 bits per heavy atom. The lowest BCUT2D eigenvalue weighted by molar-refractivity contribution is 0.280. The summed E-state index contributed by atoms with van der Waals surface area (Å²) in [4.78, 5) is 0. The number of aryl methyl sites for hydroxylation is 1. The second kappa shape index (κ2) is 10.1. The van der Waals surface area contributed by atoms with Gasteiger partial charge in [0.2, 0.25) is 0 Å². The molecule has 23 heavy (non-hydrogen) atoms. The number of unbranched alkanes of at least 4 members (excludes halogenated alkanes) is 2. The van der Waals surface area contributed by atoms with Crippen LogP contribution in [0.3, 0.4) is 0 Å². The van der Waals surface area contributed by atoms with Gasteiger partial charge in [-0.1, -0.05) is 75.8 Å². The van der Waals surface area contributed by atoms with E-state index in [1.807, 2.05) is 0 Å². The van der Waals surface area contributed by atoms with Crippen LogP contribution in [0.1, 0.15) is 82.3 Å². The Morgan fingerprint density at radius 3 is 2.39 bits per heavy atom. The molecule has 0 amide bonds. The largest absolute Gasteiger partial charge is 0.316 e. The van der Waals surface area contributed by atoms with Gasteiger partial charge in [-0.25, -0.2) is 0 Å². The first-order chi connectivity index (χ1) is 11.2. The Hall–Kier alpha value is -0.820. The van der Waals surface area contributed by atoms with Gasteiger partial charge < -0.3 is 5.32 Å². The quantitative estimate of drug-likeness (QED) is 0.545. The fraction of sp³-hybridized carbons (Fsp3) is 0.727. The molecular formula is C22H37N. The van der Waals surface area contributed by atoms with Gasteiger partial charge in [-0.15, -0.1) is 0 Å². The Labute approximate surface area is 144 Å². The summed E-state index contributed by atoms with van der Waals surface area (Å²) in [6.07, 6.45) is 11.1. The van der Waals surface area contributed by atoms with Crippen molar-refractivity contribution in [3.63, 3.8) is 0 Å².